The Balaban J connectivity index is 1.43. The van der Waals surface area contributed by atoms with Crippen LogP contribution in [0.4, 0.5) is 5.69 Å². The first kappa shape index (κ1) is 34.6. The summed E-state index contributed by atoms with van der Waals surface area (Å²) < 4.78 is 0. The van der Waals surface area contributed by atoms with Crippen LogP contribution in [0.2, 0.25) is 0 Å². The van der Waals surface area contributed by atoms with Crippen LogP contribution in [-0.2, 0) is 11.3 Å². The number of fused-ring (bicyclic) bond motifs is 1. The number of pyridine rings is 1. The molecule has 0 spiro atoms. The molecule has 5 rings (SSSR count). The molecular formula is C39H50N8O. The molecule has 2 aromatic carbocycles. The number of carbonyl (C=O) groups excluding carboxylic acids is 1. The van der Waals surface area contributed by atoms with Gasteiger partial charge in [0.25, 0.3) is 0 Å². The number of rotatable bonds is 10. The van der Waals surface area contributed by atoms with Gasteiger partial charge in [-0.05, 0) is 86.3 Å². The van der Waals surface area contributed by atoms with Crippen molar-refractivity contribution in [2.45, 2.75) is 59.0 Å². The van der Waals surface area contributed by atoms with E-state index in [0.717, 1.165) is 75.4 Å². The summed E-state index contributed by atoms with van der Waals surface area (Å²) in [4.78, 5) is 31.6. The van der Waals surface area contributed by atoms with Gasteiger partial charge in [-0.15, -0.1) is 0 Å². The number of likely N-dealkylation sites (N-methyl/N-ethyl adjacent to an activating group) is 1. The van der Waals surface area contributed by atoms with Crippen molar-refractivity contribution in [2.75, 3.05) is 33.0 Å². The van der Waals surface area contributed by atoms with Crippen LogP contribution >= 0.6 is 0 Å². The summed E-state index contributed by atoms with van der Waals surface area (Å²) in [5.74, 6) is 3.30. The van der Waals surface area contributed by atoms with E-state index in [0.29, 0.717) is 19.1 Å². The summed E-state index contributed by atoms with van der Waals surface area (Å²) in [5, 5.41) is 12.0. The first-order valence-corrected chi connectivity index (χ1v) is 17.0. The maximum atomic E-state index is 12.5. The molecule has 9 heteroatoms. The van der Waals surface area contributed by atoms with Crippen LogP contribution in [0.3, 0.4) is 0 Å². The number of guanidine groups is 2. The van der Waals surface area contributed by atoms with Crippen molar-refractivity contribution in [3.8, 4) is 11.3 Å². The molecule has 2 fully saturated rings. The summed E-state index contributed by atoms with van der Waals surface area (Å²) in [6, 6.07) is 16.5. The number of anilines is 1. The summed E-state index contributed by atoms with van der Waals surface area (Å²) >= 11 is 0. The highest BCUT2D eigenvalue weighted by Gasteiger charge is 2.26. The highest BCUT2D eigenvalue weighted by Crippen LogP contribution is 2.31. The Morgan fingerprint density at radius 2 is 1.90 bits per heavy atom. The number of hydrogen-bond acceptors (Lipinski definition) is 5. The Bertz CT molecular complexity index is 1740. The van der Waals surface area contributed by atoms with Crippen LogP contribution < -0.4 is 16.0 Å². The summed E-state index contributed by atoms with van der Waals surface area (Å²) in [7, 11) is 5.95. The maximum Gasteiger partial charge on any atom is 0.248 e. The fraction of sp³-hybridized carbons (Fsp3) is 0.385. The molecule has 3 aromatic rings. The minimum Gasteiger partial charge on any atom is -0.323 e. The smallest absolute Gasteiger partial charge is 0.248 e. The van der Waals surface area contributed by atoms with Gasteiger partial charge in [0.05, 0.1) is 18.3 Å². The third-order valence-electron chi connectivity index (χ3n) is 8.98. The molecule has 1 saturated carbocycles. The molecule has 1 aliphatic carbocycles. The van der Waals surface area contributed by atoms with Crippen molar-refractivity contribution in [1.29, 1.82) is 0 Å². The normalized spacial score (nSPS) is 21.2. The molecular weight excluding hydrogens is 596 g/mol. The highest BCUT2D eigenvalue weighted by molar-refractivity contribution is 6.04. The zero-order valence-corrected chi connectivity index (χ0v) is 29.3. The number of carbonyl (C=O) groups is 1. The average molecular weight is 647 g/mol. The van der Waals surface area contributed by atoms with Gasteiger partial charge in [0.15, 0.2) is 0 Å². The summed E-state index contributed by atoms with van der Waals surface area (Å²) in [6.07, 6.45) is 11.8. The van der Waals surface area contributed by atoms with Gasteiger partial charge < -0.3 is 20.4 Å². The van der Waals surface area contributed by atoms with E-state index < -0.39 is 0 Å². The Kier molecular flexibility index (Phi) is 11.4. The van der Waals surface area contributed by atoms with Gasteiger partial charge in [-0.25, -0.2) is 9.98 Å². The molecule has 0 atom stereocenters. The van der Waals surface area contributed by atoms with Crippen LogP contribution in [0, 0.1) is 11.8 Å². The molecule has 0 unspecified atom stereocenters. The molecule has 0 bridgehead atoms. The van der Waals surface area contributed by atoms with Gasteiger partial charge in [0.1, 0.15) is 5.82 Å². The number of nitrogens with one attached hydrogen (secondary N) is 3. The SMILES string of the molecule is C=C/C(=C1/NC(=NC2CCC(C)CC2)NC(=NCc2ccccc2-c2nccc3cc(NC(=O)/C=C/CN(C)C)ccc23)N1C)C(C)C. The van der Waals surface area contributed by atoms with Crippen LogP contribution in [-0.4, -0.2) is 66.3 Å². The topological polar surface area (TPSA) is 97.2 Å². The fourth-order valence-corrected chi connectivity index (χ4v) is 6.23. The predicted octanol–water partition coefficient (Wildman–Crippen LogP) is 6.93. The molecule has 9 nitrogen and oxygen atoms in total. The number of aliphatic imine (C=N–C) groups is 2. The summed E-state index contributed by atoms with van der Waals surface area (Å²) in [6.45, 7) is 11.9. The molecule has 48 heavy (non-hydrogen) atoms. The minimum absolute atomic E-state index is 0.153. The van der Waals surface area contributed by atoms with E-state index in [1.54, 1.807) is 6.08 Å². The van der Waals surface area contributed by atoms with Crippen molar-refractivity contribution < 1.29 is 4.79 Å². The second kappa shape index (κ2) is 15.9. The molecule has 252 valence electrons. The van der Waals surface area contributed by atoms with E-state index in [1.165, 1.54) is 12.8 Å². The first-order chi connectivity index (χ1) is 23.1. The monoisotopic (exact) mass is 646 g/mol. The van der Waals surface area contributed by atoms with Crippen molar-refractivity contribution in [1.82, 2.24) is 25.4 Å². The van der Waals surface area contributed by atoms with Crippen molar-refractivity contribution in [3.63, 3.8) is 0 Å². The lowest BCUT2D eigenvalue weighted by Gasteiger charge is -2.35. The molecule has 1 aromatic heterocycles. The predicted molar refractivity (Wildman–Crippen MR) is 200 cm³/mol. The van der Waals surface area contributed by atoms with E-state index in [9.17, 15) is 4.79 Å². The maximum absolute atomic E-state index is 12.5. The minimum atomic E-state index is -0.153. The Labute approximate surface area is 285 Å². The number of benzene rings is 2. The van der Waals surface area contributed by atoms with Gasteiger partial charge >= 0.3 is 0 Å². The second-order valence-corrected chi connectivity index (χ2v) is 13.4. The van der Waals surface area contributed by atoms with E-state index in [2.05, 4.69) is 60.3 Å². The Morgan fingerprint density at radius 1 is 1.12 bits per heavy atom. The zero-order chi connectivity index (χ0) is 34.2. The van der Waals surface area contributed by atoms with Gasteiger partial charge in [0.2, 0.25) is 17.8 Å². The first-order valence-electron chi connectivity index (χ1n) is 17.0. The van der Waals surface area contributed by atoms with Crippen LogP contribution in [0.5, 0.6) is 0 Å². The molecule has 1 aliphatic heterocycles. The number of aromatic nitrogens is 1. The zero-order valence-electron chi connectivity index (χ0n) is 29.3. The largest absolute Gasteiger partial charge is 0.323 e. The average Bonchev–Trinajstić information content (AvgIpc) is 3.06. The van der Waals surface area contributed by atoms with Gasteiger partial charge in [-0.3, -0.25) is 15.1 Å². The van der Waals surface area contributed by atoms with Crippen molar-refractivity contribution in [2.24, 2.45) is 21.8 Å². The lowest BCUT2D eigenvalue weighted by Crippen LogP contribution is -2.57. The van der Waals surface area contributed by atoms with Gasteiger partial charge in [0, 0.05) is 42.5 Å². The van der Waals surface area contributed by atoms with Crippen molar-refractivity contribution >= 4 is 34.3 Å². The highest BCUT2D eigenvalue weighted by atomic mass is 16.1. The van der Waals surface area contributed by atoms with Crippen molar-refractivity contribution in [3.05, 3.63) is 96.5 Å². The Morgan fingerprint density at radius 3 is 2.62 bits per heavy atom. The molecule has 2 aliphatic rings. The fourth-order valence-electron chi connectivity index (χ4n) is 6.23. The van der Waals surface area contributed by atoms with Crippen LogP contribution in [0.15, 0.2) is 101 Å². The molecule has 1 amide bonds. The lowest BCUT2D eigenvalue weighted by molar-refractivity contribution is -0.111. The van der Waals surface area contributed by atoms with Gasteiger partial charge in [-0.1, -0.05) is 69.8 Å². The van der Waals surface area contributed by atoms with E-state index in [4.69, 9.17) is 15.0 Å². The number of nitrogens with zero attached hydrogens (tertiary/aromatic N) is 5. The molecule has 2 heterocycles. The van der Waals surface area contributed by atoms with Crippen LogP contribution in [0.25, 0.3) is 22.0 Å². The van der Waals surface area contributed by atoms with E-state index in [-0.39, 0.29) is 11.8 Å². The number of amides is 1. The number of allylic oxidation sites excluding steroid dienone is 2. The lowest BCUT2D eigenvalue weighted by atomic mass is 9.88. The van der Waals surface area contributed by atoms with E-state index in [1.807, 2.05) is 80.8 Å². The van der Waals surface area contributed by atoms with Crippen LogP contribution in [0.1, 0.15) is 52.0 Å². The molecule has 0 radical (unpaired) electrons. The standard InChI is InChI=1S/C39H50N8O/c1-8-32(26(2)3)37-44-38(43-30-17-15-27(4)16-18-30)45-39(47(37)7)41-25-29-12-9-10-13-33(29)36-34-20-19-31(24-28(34)21-22-40-36)42-35(48)14-11-23-46(5)6/h8-14,19-22,24,26-27,30H,1,15-18,23,25H2,2-7H3,(H,42,48)(H2,41,43,44,45)/b14-11+,37-32+. The van der Waals surface area contributed by atoms with E-state index >= 15 is 0 Å². The molecule has 1 saturated heterocycles. The van der Waals surface area contributed by atoms with Gasteiger partial charge in [-0.2, -0.15) is 0 Å². The Hall–Kier alpha value is -4.76. The number of hydrogen-bond donors (Lipinski definition) is 3. The third kappa shape index (κ3) is 8.58. The second-order valence-electron chi connectivity index (χ2n) is 13.4. The quantitative estimate of drug-likeness (QED) is 0.207. The third-order valence-corrected chi connectivity index (χ3v) is 8.98. The summed E-state index contributed by atoms with van der Waals surface area (Å²) in [5.41, 5.74) is 4.80. The molecule has 3 N–H and O–H groups in total.